The maximum atomic E-state index is 5.82. The summed E-state index contributed by atoms with van der Waals surface area (Å²) in [5.41, 5.74) is 7.21. The highest BCUT2D eigenvalue weighted by molar-refractivity contribution is 7.10. The molecule has 0 bridgehead atoms. The SMILES string of the molecule is CCC(N)Cc1csc(C)c1. The summed E-state index contributed by atoms with van der Waals surface area (Å²) in [6, 6.07) is 2.56. The van der Waals surface area contributed by atoms with E-state index in [9.17, 15) is 0 Å². The number of rotatable bonds is 3. The number of hydrogen-bond donors (Lipinski definition) is 1. The van der Waals surface area contributed by atoms with Crippen LogP contribution in [0.4, 0.5) is 0 Å². The van der Waals surface area contributed by atoms with Crippen molar-refractivity contribution in [3.05, 3.63) is 21.9 Å². The largest absolute Gasteiger partial charge is 0.327 e. The maximum Gasteiger partial charge on any atom is 0.00769 e. The van der Waals surface area contributed by atoms with Crippen LogP contribution < -0.4 is 5.73 Å². The summed E-state index contributed by atoms with van der Waals surface area (Å²) in [4.78, 5) is 1.38. The molecule has 62 valence electrons. The normalized spacial score (nSPS) is 13.4. The molecule has 1 nitrogen and oxygen atoms in total. The van der Waals surface area contributed by atoms with Gasteiger partial charge in [-0.05, 0) is 36.8 Å². The zero-order valence-corrected chi connectivity index (χ0v) is 7.95. The van der Waals surface area contributed by atoms with Crippen LogP contribution in [0, 0.1) is 6.92 Å². The molecule has 2 N–H and O–H groups in total. The van der Waals surface area contributed by atoms with E-state index >= 15 is 0 Å². The Bertz CT molecular complexity index is 217. The Hall–Kier alpha value is -0.340. The molecule has 1 heterocycles. The highest BCUT2D eigenvalue weighted by atomic mass is 32.1. The van der Waals surface area contributed by atoms with Crippen molar-refractivity contribution in [3.63, 3.8) is 0 Å². The van der Waals surface area contributed by atoms with E-state index in [0.717, 1.165) is 12.8 Å². The maximum absolute atomic E-state index is 5.82. The zero-order valence-electron chi connectivity index (χ0n) is 7.13. The molecular weight excluding hydrogens is 154 g/mol. The average molecular weight is 169 g/mol. The van der Waals surface area contributed by atoms with Gasteiger partial charge in [0.1, 0.15) is 0 Å². The number of nitrogens with two attached hydrogens (primary N) is 1. The highest BCUT2D eigenvalue weighted by Gasteiger charge is 2.01. The Balaban J connectivity index is 2.50. The van der Waals surface area contributed by atoms with Gasteiger partial charge in [0.05, 0.1) is 0 Å². The van der Waals surface area contributed by atoms with Crippen LogP contribution in [0.3, 0.4) is 0 Å². The minimum atomic E-state index is 0.337. The first kappa shape index (κ1) is 8.75. The molecule has 1 atom stereocenters. The minimum absolute atomic E-state index is 0.337. The van der Waals surface area contributed by atoms with E-state index in [-0.39, 0.29) is 0 Å². The first-order chi connectivity index (χ1) is 5.22. The molecule has 0 spiro atoms. The smallest absolute Gasteiger partial charge is 0.00769 e. The van der Waals surface area contributed by atoms with Crippen LogP contribution in [0.15, 0.2) is 11.4 Å². The lowest BCUT2D eigenvalue weighted by Gasteiger charge is -2.05. The fraction of sp³-hybridized carbons (Fsp3) is 0.556. The van der Waals surface area contributed by atoms with E-state index in [0.29, 0.717) is 6.04 Å². The standard InChI is InChI=1S/C9H15NS/c1-3-9(10)5-8-4-7(2)11-6-8/h4,6,9H,3,5,10H2,1-2H3. The average Bonchev–Trinajstić information content (AvgIpc) is 2.35. The molecule has 0 saturated carbocycles. The summed E-state index contributed by atoms with van der Waals surface area (Å²) < 4.78 is 0. The predicted octanol–water partition coefficient (Wildman–Crippen LogP) is 2.34. The van der Waals surface area contributed by atoms with E-state index in [2.05, 4.69) is 25.3 Å². The molecule has 1 aromatic rings. The second-order valence-electron chi connectivity index (χ2n) is 2.94. The molecule has 0 fully saturated rings. The zero-order chi connectivity index (χ0) is 8.27. The first-order valence-corrected chi connectivity index (χ1v) is 4.90. The molecule has 11 heavy (non-hydrogen) atoms. The summed E-state index contributed by atoms with van der Waals surface area (Å²) in [5.74, 6) is 0. The molecular formula is C9H15NS. The molecule has 0 aliphatic rings. The predicted molar refractivity (Wildman–Crippen MR) is 51.0 cm³/mol. The number of thiophene rings is 1. The Labute approximate surface area is 72.2 Å². The lowest BCUT2D eigenvalue weighted by molar-refractivity contribution is 0.647. The molecule has 0 aliphatic carbocycles. The molecule has 1 unspecified atom stereocenters. The summed E-state index contributed by atoms with van der Waals surface area (Å²) in [6.45, 7) is 4.26. The summed E-state index contributed by atoms with van der Waals surface area (Å²) >= 11 is 1.80. The Morgan fingerprint density at radius 3 is 2.82 bits per heavy atom. The van der Waals surface area contributed by atoms with Crippen molar-refractivity contribution < 1.29 is 0 Å². The highest BCUT2D eigenvalue weighted by Crippen LogP contribution is 2.14. The van der Waals surface area contributed by atoms with E-state index < -0.39 is 0 Å². The Morgan fingerprint density at radius 1 is 1.64 bits per heavy atom. The van der Waals surface area contributed by atoms with Crippen molar-refractivity contribution >= 4 is 11.3 Å². The number of aryl methyl sites for hydroxylation is 1. The quantitative estimate of drug-likeness (QED) is 0.738. The van der Waals surface area contributed by atoms with Crippen LogP contribution in [-0.2, 0) is 6.42 Å². The molecule has 2 heteroatoms. The molecule has 1 rings (SSSR count). The topological polar surface area (TPSA) is 26.0 Å². The van der Waals surface area contributed by atoms with Crippen molar-refractivity contribution in [2.75, 3.05) is 0 Å². The first-order valence-electron chi connectivity index (χ1n) is 4.02. The molecule has 0 amide bonds. The molecule has 1 aromatic heterocycles. The van der Waals surface area contributed by atoms with E-state index in [1.165, 1.54) is 10.4 Å². The van der Waals surface area contributed by atoms with E-state index in [1.54, 1.807) is 11.3 Å². The fourth-order valence-electron chi connectivity index (χ4n) is 1.05. The lowest BCUT2D eigenvalue weighted by Crippen LogP contribution is -2.20. The molecule has 0 radical (unpaired) electrons. The molecule has 0 aliphatic heterocycles. The molecule has 0 saturated heterocycles. The van der Waals surface area contributed by atoms with Gasteiger partial charge in [-0.1, -0.05) is 6.92 Å². The van der Waals surface area contributed by atoms with Crippen molar-refractivity contribution in [2.45, 2.75) is 32.7 Å². The molecule has 0 aromatic carbocycles. The van der Waals surface area contributed by atoms with Crippen molar-refractivity contribution in [1.82, 2.24) is 0 Å². The number of hydrogen-bond acceptors (Lipinski definition) is 2. The monoisotopic (exact) mass is 169 g/mol. The van der Waals surface area contributed by atoms with Gasteiger partial charge in [-0.25, -0.2) is 0 Å². The van der Waals surface area contributed by atoms with Crippen LogP contribution in [0.2, 0.25) is 0 Å². The lowest BCUT2D eigenvalue weighted by atomic mass is 10.1. The second kappa shape index (κ2) is 3.88. The second-order valence-corrected chi connectivity index (χ2v) is 4.05. The third-order valence-corrected chi connectivity index (χ3v) is 2.72. The third kappa shape index (κ3) is 2.64. The van der Waals surface area contributed by atoms with Crippen molar-refractivity contribution in [1.29, 1.82) is 0 Å². The van der Waals surface area contributed by atoms with Crippen molar-refractivity contribution in [3.8, 4) is 0 Å². The van der Waals surface area contributed by atoms with Gasteiger partial charge in [0.25, 0.3) is 0 Å². The van der Waals surface area contributed by atoms with Gasteiger partial charge in [-0.2, -0.15) is 0 Å². The van der Waals surface area contributed by atoms with Gasteiger partial charge in [0.2, 0.25) is 0 Å². The van der Waals surface area contributed by atoms with Gasteiger partial charge in [-0.3, -0.25) is 0 Å². The van der Waals surface area contributed by atoms with Crippen molar-refractivity contribution in [2.24, 2.45) is 5.73 Å². The van der Waals surface area contributed by atoms with Gasteiger partial charge >= 0.3 is 0 Å². The van der Waals surface area contributed by atoms with Crippen LogP contribution in [0.25, 0.3) is 0 Å². The van der Waals surface area contributed by atoms with E-state index in [4.69, 9.17) is 5.73 Å². The van der Waals surface area contributed by atoms with Gasteiger partial charge in [-0.15, -0.1) is 11.3 Å². The Morgan fingerprint density at radius 2 is 2.36 bits per heavy atom. The van der Waals surface area contributed by atoms with Crippen LogP contribution in [0.1, 0.15) is 23.8 Å². The van der Waals surface area contributed by atoms with Gasteiger partial charge in [0, 0.05) is 10.9 Å². The van der Waals surface area contributed by atoms with Gasteiger partial charge < -0.3 is 5.73 Å². The van der Waals surface area contributed by atoms with Gasteiger partial charge in [0.15, 0.2) is 0 Å². The van der Waals surface area contributed by atoms with Crippen LogP contribution >= 0.6 is 11.3 Å². The summed E-state index contributed by atoms with van der Waals surface area (Å²) in [7, 11) is 0. The fourth-order valence-corrected chi connectivity index (χ4v) is 1.77. The third-order valence-electron chi connectivity index (χ3n) is 1.81. The summed E-state index contributed by atoms with van der Waals surface area (Å²) in [6.07, 6.45) is 2.09. The summed E-state index contributed by atoms with van der Waals surface area (Å²) in [5, 5.41) is 2.20. The van der Waals surface area contributed by atoms with Crippen LogP contribution in [0.5, 0.6) is 0 Å². The van der Waals surface area contributed by atoms with E-state index in [1.807, 2.05) is 0 Å². The Kier molecular flexibility index (Phi) is 3.09. The minimum Gasteiger partial charge on any atom is -0.327 e. The van der Waals surface area contributed by atoms with Crippen LogP contribution in [-0.4, -0.2) is 6.04 Å².